The second kappa shape index (κ2) is 10.4. The first-order valence-corrected chi connectivity index (χ1v) is 13.6. The summed E-state index contributed by atoms with van der Waals surface area (Å²) < 4.78 is 0. The zero-order valence-corrected chi connectivity index (χ0v) is 21.6. The van der Waals surface area contributed by atoms with Gasteiger partial charge in [-0.1, -0.05) is 26.2 Å². The smallest absolute Gasteiger partial charge is 0.353 e. The van der Waals surface area contributed by atoms with Crippen LogP contribution in [-0.4, -0.2) is 97.7 Å². The van der Waals surface area contributed by atoms with Crippen LogP contribution in [-0.2, 0) is 19.2 Å². The molecular weight excluding hydrogens is 488 g/mol. The third kappa shape index (κ3) is 4.49. The highest BCUT2D eigenvalue weighted by atomic mass is 32.2. The molecule has 0 saturated carbocycles. The van der Waals surface area contributed by atoms with E-state index in [-0.39, 0.29) is 23.3 Å². The van der Waals surface area contributed by atoms with Crippen molar-refractivity contribution in [1.29, 1.82) is 0 Å². The highest BCUT2D eigenvalue weighted by molar-refractivity contribution is 8.03. The highest BCUT2D eigenvalue weighted by Gasteiger charge is 2.60. The third-order valence-electron chi connectivity index (χ3n) is 7.68. The predicted molar refractivity (Wildman–Crippen MR) is 130 cm³/mol. The van der Waals surface area contributed by atoms with Gasteiger partial charge in [-0.2, -0.15) is 0 Å². The molecule has 0 radical (unpaired) electrons. The molecule has 0 aromatic carbocycles. The number of fused-ring (bicyclic) bond motifs is 1. The Labute approximate surface area is 214 Å². The van der Waals surface area contributed by atoms with Crippen molar-refractivity contribution in [2.75, 3.05) is 18.8 Å². The number of imide groups is 1. The average molecular weight is 523 g/mol. The third-order valence-corrected chi connectivity index (χ3v) is 9.06. The lowest BCUT2D eigenvalue weighted by molar-refractivity contribution is -0.163. The minimum atomic E-state index is -1.25. The summed E-state index contributed by atoms with van der Waals surface area (Å²) in [5.41, 5.74) is -0.131. The first-order chi connectivity index (χ1) is 17.1. The molecule has 4 heterocycles. The van der Waals surface area contributed by atoms with E-state index in [1.807, 2.05) is 0 Å². The van der Waals surface area contributed by atoms with Gasteiger partial charge in [-0.15, -0.1) is 11.8 Å². The first-order valence-electron chi connectivity index (χ1n) is 12.6. The molecule has 3 fully saturated rings. The summed E-state index contributed by atoms with van der Waals surface area (Å²) in [6, 6.07) is -2.95. The average Bonchev–Trinajstić information content (AvgIpc) is 3.20. The van der Waals surface area contributed by atoms with Gasteiger partial charge in [0.1, 0.15) is 17.8 Å². The van der Waals surface area contributed by atoms with Crippen LogP contribution in [0.1, 0.15) is 52.9 Å². The van der Waals surface area contributed by atoms with Gasteiger partial charge in [0.2, 0.25) is 11.8 Å². The van der Waals surface area contributed by atoms with Gasteiger partial charge in [0.25, 0.3) is 5.91 Å². The van der Waals surface area contributed by atoms with Crippen LogP contribution in [0.3, 0.4) is 0 Å². The molecule has 4 aliphatic rings. The van der Waals surface area contributed by atoms with Gasteiger partial charge in [0.05, 0.1) is 18.1 Å². The number of carbonyl (C=O) groups is 5. The van der Waals surface area contributed by atoms with E-state index >= 15 is 0 Å². The van der Waals surface area contributed by atoms with Crippen LogP contribution in [0.4, 0.5) is 4.79 Å². The van der Waals surface area contributed by atoms with Crippen molar-refractivity contribution in [3.63, 3.8) is 0 Å². The summed E-state index contributed by atoms with van der Waals surface area (Å²) in [7, 11) is 0. The number of hydrogen-bond acceptors (Lipinski definition) is 7. The topological polar surface area (TPSA) is 148 Å². The number of urea groups is 1. The minimum absolute atomic E-state index is 0.0657. The van der Waals surface area contributed by atoms with E-state index in [0.717, 1.165) is 48.8 Å². The number of likely N-dealkylation sites (tertiary alicyclic amines) is 1. The Kier molecular flexibility index (Phi) is 7.65. The fourth-order valence-electron chi connectivity index (χ4n) is 5.76. The molecule has 6 atom stereocenters. The molecule has 3 N–H and O–H groups in total. The van der Waals surface area contributed by atoms with Crippen LogP contribution in [0.25, 0.3) is 0 Å². The largest absolute Gasteiger partial charge is 0.477 e. The molecule has 5 amide bonds. The molecule has 36 heavy (non-hydrogen) atoms. The number of aliphatic hydroxyl groups is 1. The van der Waals surface area contributed by atoms with Crippen LogP contribution < -0.4 is 5.32 Å². The number of aliphatic hydroxyl groups excluding tert-OH is 1. The molecule has 4 rings (SSSR count). The number of thioether (sulfide) groups is 1. The number of nitrogens with one attached hydrogen (secondary N) is 1. The lowest BCUT2D eigenvalue weighted by Gasteiger charge is -2.46. The van der Waals surface area contributed by atoms with E-state index in [4.69, 9.17) is 0 Å². The maximum absolute atomic E-state index is 13.1. The molecule has 11 nitrogen and oxygen atoms in total. The van der Waals surface area contributed by atoms with E-state index < -0.39 is 54.0 Å². The highest BCUT2D eigenvalue weighted by Crippen LogP contribution is 2.50. The maximum Gasteiger partial charge on any atom is 0.353 e. The van der Waals surface area contributed by atoms with E-state index in [2.05, 4.69) is 5.32 Å². The lowest BCUT2D eigenvalue weighted by Crippen LogP contribution is -2.63. The first kappa shape index (κ1) is 26.5. The second-order valence-electron chi connectivity index (χ2n) is 10.1. The fourth-order valence-corrected chi connectivity index (χ4v) is 7.06. The molecule has 198 valence electrons. The van der Waals surface area contributed by atoms with Gasteiger partial charge in [0.15, 0.2) is 0 Å². The number of carboxylic acids is 1. The van der Waals surface area contributed by atoms with Crippen molar-refractivity contribution in [2.24, 2.45) is 11.8 Å². The minimum Gasteiger partial charge on any atom is -0.477 e. The summed E-state index contributed by atoms with van der Waals surface area (Å²) in [5, 5.41) is 22.4. The molecule has 0 aromatic heterocycles. The number of hydrogen-bond donors (Lipinski definition) is 3. The Morgan fingerprint density at radius 3 is 2.25 bits per heavy atom. The van der Waals surface area contributed by atoms with Gasteiger partial charge >= 0.3 is 12.0 Å². The monoisotopic (exact) mass is 522 g/mol. The number of carbonyl (C=O) groups excluding carboxylic acids is 4. The van der Waals surface area contributed by atoms with Gasteiger partial charge in [0, 0.05) is 29.7 Å². The fraction of sp³-hybridized carbons (Fsp3) is 0.708. The number of nitrogens with zero attached hydrogens (tertiary/aromatic N) is 3. The van der Waals surface area contributed by atoms with Crippen LogP contribution in [0.15, 0.2) is 10.6 Å². The summed E-state index contributed by atoms with van der Waals surface area (Å²) in [6.07, 6.45) is 4.14. The number of amides is 5. The number of carboxylic acid groups (broad SMARTS) is 1. The molecule has 12 heteroatoms. The van der Waals surface area contributed by atoms with Crippen molar-refractivity contribution in [2.45, 2.75) is 77.1 Å². The molecule has 4 aliphatic heterocycles. The predicted octanol–water partition coefficient (Wildman–Crippen LogP) is 0.975. The maximum atomic E-state index is 13.1. The molecule has 0 aromatic rings. The van der Waals surface area contributed by atoms with Gasteiger partial charge in [-0.05, 0) is 26.7 Å². The summed E-state index contributed by atoms with van der Waals surface area (Å²) in [6.45, 7) is 6.09. The Bertz CT molecular complexity index is 991. The van der Waals surface area contributed by atoms with Crippen LogP contribution in [0.2, 0.25) is 0 Å². The van der Waals surface area contributed by atoms with Gasteiger partial charge < -0.3 is 25.3 Å². The van der Waals surface area contributed by atoms with E-state index in [1.54, 1.807) is 18.7 Å². The Hall–Kier alpha value is -2.60. The summed E-state index contributed by atoms with van der Waals surface area (Å²) >= 11 is 1.12. The molecule has 0 bridgehead atoms. The Balaban J connectivity index is 1.43. The van der Waals surface area contributed by atoms with Crippen molar-refractivity contribution in [3.8, 4) is 0 Å². The van der Waals surface area contributed by atoms with E-state index in [1.165, 1.54) is 11.8 Å². The molecular formula is C24H34N4O7S. The van der Waals surface area contributed by atoms with Gasteiger partial charge in [-0.25, -0.2) is 9.59 Å². The van der Waals surface area contributed by atoms with Gasteiger partial charge in [-0.3, -0.25) is 19.3 Å². The van der Waals surface area contributed by atoms with Crippen LogP contribution >= 0.6 is 11.8 Å². The molecule has 1 unspecified atom stereocenters. The van der Waals surface area contributed by atoms with E-state index in [9.17, 15) is 34.2 Å². The number of β-lactam (4-membered cyclic amide) rings is 1. The normalized spacial score (nSPS) is 30.4. The van der Waals surface area contributed by atoms with Crippen LogP contribution in [0.5, 0.6) is 0 Å². The second-order valence-corrected chi connectivity index (χ2v) is 11.1. The molecule has 0 aliphatic carbocycles. The zero-order valence-electron chi connectivity index (χ0n) is 20.8. The van der Waals surface area contributed by atoms with Crippen molar-refractivity contribution in [1.82, 2.24) is 20.0 Å². The lowest BCUT2D eigenvalue weighted by atomic mass is 9.79. The summed E-state index contributed by atoms with van der Waals surface area (Å²) in [4.78, 5) is 67.7. The standard InChI is InChI=1S/C24H34N4O7S/c1-12-17-16(14(3)29)22(32)28(17)18(23(33)34)19(12)36-11-15-21(31)27(24(35)25-15)13(2)20(30)26-9-7-5-4-6-8-10-26/h12-17,29H,4-11H2,1-3H3,(H,25,35)(H,33,34)/t12-,13?,14-,15+,16-,17-/m1/s1. The van der Waals surface area contributed by atoms with Crippen molar-refractivity contribution < 1.29 is 34.2 Å². The number of rotatable bonds is 7. The Morgan fingerprint density at radius 2 is 1.67 bits per heavy atom. The quantitative estimate of drug-likeness (QED) is 0.331. The van der Waals surface area contributed by atoms with Crippen molar-refractivity contribution in [3.05, 3.63) is 10.6 Å². The van der Waals surface area contributed by atoms with Crippen LogP contribution in [0, 0.1) is 11.8 Å². The number of aliphatic carboxylic acids is 1. The Morgan fingerprint density at radius 1 is 1.06 bits per heavy atom. The SMILES string of the molecule is CC(C(=O)N1CCCCCCC1)N1C(=O)N[C@@H](CSC2=C(C(=O)O)N3C(=O)[C@H]([C@@H](C)O)[C@H]3[C@H]2C)C1=O. The van der Waals surface area contributed by atoms with E-state index in [0.29, 0.717) is 18.0 Å². The van der Waals surface area contributed by atoms with Crippen molar-refractivity contribution >= 4 is 41.5 Å². The zero-order chi connectivity index (χ0) is 26.3. The summed E-state index contributed by atoms with van der Waals surface area (Å²) in [5.74, 6) is -3.40. The molecule has 3 saturated heterocycles. The molecule has 0 spiro atoms.